The van der Waals surface area contributed by atoms with Crippen LogP contribution in [0.5, 0.6) is 0 Å². The lowest BCUT2D eigenvalue weighted by Gasteiger charge is -2.10. The number of carboxylic acids is 1. The Morgan fingerprint density at radius 1 is 0.429 bits per heavy atom. The van der Waals surface area contributed by atoms with Gasteiger partial charge in [-0.2, -0.15) is 0 Å². The van der Waals surface area contributed by atoms with E-state index in [0.29, 0.717) is 11.1 Å². The number of hydrogen-bond donors (Lipinski definition) is 3. The minimum atomic E-state index is -2.40. The van der Waals surface area contributed by atoms with Crippen molar-refractivity contribution in [1.82, 2.24) is 19.9 Å². The Morgan fingerprint density at radius 2 is 0.730 bits per heavy atom. The van der Waals surface area contributed by atoms with Gasteiger partial charge in [0.05, 0.1) is 39.5 Å². The van der Waals surface area contributed by atoms with Crippen molar-refractivity contribution < 1.29 is 53.8 Å². The van der Waals surface area contributed by atoms with Crippen molar-refractivity contribution in [2.24, 2.45) is 0 Å². The minimum Gasteiger partial charge on any atom is -0.478 e. The molecule has 0 radical (unpaired) electrons. The summed E-state index contributed by atoms with van der Waals surface area (Å²) in [5.41, 5.74) is -3.80. The quantitative estimate of drug-likeness (QED) is 0.0695. The van der Waals surface area contributed by atoms with E-state index < -0.39 is 86.4 Å². The summed E-state index contributed by atoms with van der Waals surface area (Å²) in [5.74, 6) is -21.3. The highest BCUT2D eigenvalue weighted by atomic mass is 19.2. The summed E-state index contributed by atoms with van der Waals surface area (Å²) < 4.78 is 152. The van der Waals surface area contributed by atoms with Crippen molar-refractivity contribution in [2.45, 2.75) is 0 Å². The number of carbonyl (C=O) groups is 1. The van der Waals surface area contributed by atoms with Crippen LogP contribution < -0.4 is 0 Å². The van der Waals surface area contributed by atoms with Crippen LogP contribution in [-0.2, 0) is 0 Å². The molecule has 310 valence electrons. The lowest BCUT2D eigenvalue weighted by Crippen LogP contribution is -2.05. The number of H-pyrrole nitrogens is 2. The number of aromatic carboxylic acids is 1. The van der Waals surface area contributed by atoms with Crippen molar-refractivity contribution in [2.75, 3.05) is 0 Å². The highest BCUT2D eigenvalue weighted by Gasteiger charge is 2.32. The molecule has 6 nitrogen and oxygen atoms in total. The molecule has 7 aromatic rings. The van der Waals surface area contributed by atoms with E-state index in [2.05, 4.69) is 25.9 Å². The van der Waals surface area contributed by atoms with Crippen molar-refractivity contribution >= 4 is 52.3 Å². The average molecular weight is 863 g/mol. The van der Waals surface area contributed by atoms with E-state index in [4.69, 9.17) is 6.42 Å². The molecule has 4 aromatic carbocycles. The van der Waals surface area contributed by atoms with Crippen LogP contribution in [0.3, 0.4) is 0 Å². The summed E-state index contributed by atoms with van der Waals surface area (Å²) in [7, 11) is 0. The molecular weight excluding hydrogens is 843 g/mol. The van der Waals surface area contributed by atoms with Gasteiger partial charge in [0.1, 0.15) is 0 Å². The van der Waals surface area contributed by atoms with Crippen LogP contribution in [0.25, 0.3) is 90.9 Å². The van der Waals surface area contributed by atoms with Crippen LogP contribution in [0.4, 0.5) is 43.9 Å². The number of rotatable bonds is 5. The third-order valence-corrected chi connectivity index (χ3v) is 10.4. The number of halogens is 10. The number of nitrogens with one attached hydrogen (secondary N) is 2. The fourth-order valence-corrected chi connectivity index (χ4v) is 7.50. The van der Waals surface area contributed by atoms with Gasteiger partial charge in [-0.25, -0.2) is 58.7 Å². The van der Waals surface area contributed by atoms with E-state index in [-0.39, 0.29) is 67.1 Å². The molecule has 8 bridgehead atoms. The van der Waals surface area contributed by atoms with E-state index in [1.165, 1.54) is 72.8 Å². The van der Waals surface area contributed by atoms with Gasteiger partial charge in [-0.3, -0.25) is 0 Å². The van der Waals surface area contributed by atoms with Gasteiger partial charge in [-0.05, 0) is 84.0 Å². The number of hydrogen-bond acceptors (Lipinski definition) is 3. The zero-order valence-electron chi connectivity index (χ0n) is 31.3. The molecule has 0 saturated heterocycles. The van der Waals surface area contributed by atoms with E-state index in [0.717, 1.165) is 0 Å². The van der Waals surface area contributed by atoms with Gasteiger partial charge >= 0.3 is 5.97 Å². The molecule has 0 fully saturated rings. The van der Waals surface area contributed by atoms with Gasteiger partial charge in [-0.1, -0.05) is 30.2 Å². The lowest BCUT2D eigenvalue weighted by molar-refractivity contribution is 0.0697. The molecule has 0 atom stereocenters. The van der Waals surface area contributed by atoms with Crippen molar-refractivity contribution in [1.29, 1.82) is 0 Å². The molecule has 16 heteroatoms. The fraction of sp³-hybridized carbons (Fsp3) is 0. The van der Waals surface area contributed by atoms with E-state index in [1.807, 2.05) is 0 Å². The maximum atomic E-state index is 15.9. The van der Waals surface area contributed by atoms with Crippen LogP contribution >= 0.6 is 0 Å². The normalized spacial score (nSPS) is 12.0. The summed E-state index contributed by atoms with van der Waals surface area (Å²) in [5, 5.41) is 9.58. The third kappa shape index (κ3) is 6.44. The highest BCUT2D eigenvalue weighted by molar-refractivity contribution is 6.00. The Balaban J connectivity index is 1.52. The highest BCUT2D eigenvalue weighted by Crippen LogP contribution is 2.42. The molecular formula is C47H20F10N4O2. The zero-order chi connectivity index (χ0) is 44.6. The predicted octanol–water partition coefficient (Wildman–Crippen LogP) is 12.4. The van der Waals surface area contributed by atoms with E-state index in [1.54, 1.807) is 24.3 Å². The third-order valence-electron chi connectivity index (χ3n) is 10.4. The molecule has 0 spiro atoms. The number of fused-ring (bicyclic) bond motifs is 8. The number of nitrogens with zero attached hydrogens (tertiary/aromatic N) is 2. The average Bonchev–Trinajstić information content (AvgIpc) is 4.14. The van der Waals surface area contributed by atoms with Crippen LogP contribution in [0, 0.1) is 70.5 Å². The van der Waals surface area contributed by atoms with Gasteiger partial charge < -0.3 is 15.1 Å². The number of terminal acetylenes is 1. The van der Waals surface area contributed by atoms with Gasteiger partial charge in [-0.15, -0.1) is 6.42 Å². The molecule has 2 aliphatic rings. The first-order valence-corrected chi connectivity index (χ1v) is 18.3. The Bertz CT molecular complexity index is 3310. The van der Waals surface area contributed by atoms with E-state index in [9.17, 15) is 36.2 Å². The second-order valence-corrected chi connectivity index (χ2v) is 14.0. The number of aromatic nitrogens is 4. The standard InChI is InChI=1S/C47H20F10N4O2/c1-2-19-3-5-20(6-4-19)31-23-11-15-27(58-23)33(35-37(48)41(52)45(56)42(53)38(35)49)29-17-13-25(60-29)32(21-7-9-22(10-8-21)47(62)63)26-14-18-30(61-26)34(28-16-12-24(31)59-28)36-39(50)43(54)46(57)44(55)40(36)51/h1,3-18,58,61H,(H,62,63). The topological polar surface area (TPSA) is 94.7 Å². The van der Waals surface area contributed by atoms with Crippen molar-refractivity contribution in [3.05, 3.63) is 165 Å². The molecule has 0 saturated carbocycles. The van der Waals surface area contributed by atoms with Crippen LogP contribution in [0.15, 0.2) is 72.8 Å². The molecule has 0 amide bonds. The lowest BCUT2D eigenvalue weighted by atomic mass is 10.0. The first-order chi connectivity index (χ1) is 30.2. The van der Waals surface area contributed by atoms with Gasteiger partial charge in [0.2, 0.25) is 11.6 Å². The first kappa shape index (κ1) is 40.2. The molecule has 2 aliphatic heterocycles. The van der Waals surface area contributed by atoms with Crippen molar-refractivity contribution in [3.8, 4) is 56.9 Å². The SMILES string of the molecule is C#Cc1ccc(-c2c3nc(c(-c4c(F)c(F)c(F)c(F)c4F)c4ccc([nH]4)c(-c4ccc(C(=O)O)cc4)c4nc(c(-c5c(F)c(F)c(F)c(F)c5F)c5ccc2[nH]5)C=C4)C=C3)cc1. The summed E-state index contributed by atoms with van der Waals surface area (Å²) in [4.78, 5) is 26.8. The Labute approximate surface area is 347 Å². The largest absolute Gasteiger partial charge is 0.478 e. The fourth-order valence-electron chi connectivity index (χ4n) is 7.50. The number of carboxylic acid groups (broad SMARTS) is 1. The molecule has 5 heterocycles. The van der Waals surface area contributed by atoms with Gasteiger partial charge in [0.15, 0.2) is 46.5 Å². The zero-order valence-corrected chi connectivity index (χ0v) is 31.3. The predicted molar refractivity (Wildman–Crippen MR) is 215 cm³/mol. The molecule has 3 aromatic heterocycles. The molecule has 3 N–H and O–H groups in total. The van der Waals surface area contributed by atoms with Gasteiger partial charge in [0, 0.05) is 49.9 Å². The second-order valence-electron chi connectivity index (χ2n) is 14.0. The summed E-state index contributed by atoms with van der Waals surface area (Å²) in [6.45, 7) is 0. The Hall–Kier alpha value is -8.19. The van der Waals surface area contributed by atoms with Crippen molar-refractivity contribution in [3.63, 3.8) is 0 Å². The summed E-state index contributed by atoms with van der Waals surface area (Å²) >= 11 is 0. The second kappa shape index (κ2) is 15.1. The van der Waals surface area contributed by atoms with E-state index >= 15 is 17.6 Å². The van der Waals surface area contributed by atoms with Crippen LogP contribution in [-0.4, -0.2) is 31.0 Å². The maximum Gasteiger partial charge on any atom is 0.335 e. The first-order valence-electron chi connectivity index (χ1n) is 18.3. The monoisotopic (exact) mass is 862 g/mol. The minimum absolute atomic E-state index is 0.00406. The smallest absolute Gasteiger partial charge is 0.335 e. The van der Waals surface area contributed by atoms with Gasteiger partial charge in [0.25, 0.3) is 0 Å². The molecule has 0 unspecified atom stereocenters. The summed E-state index contributed by atoms with van der Waals surface area (Å²) in [6.07, 6.45) is 10.7. The molecule has 63 heavy (non-hydrogen) atoms. The van der Waals surface area contributed by atoms with Crippen LogP contribution in [0.1, 0.15) is 38.7 Å². The number of aromatic amines is 2. The molecule has 9 rings (SSSR count). The Morgan fingerprint density at radius 3 is 1.06 bits per heavy atom. The molecule has 0 aliphatic carbocycles. The van der Waals surface area contributed by atoms with Crippen LogP contribution in [0.2, 0.25) is 0 Å². The Kier molecular flexibility index (Phi) is 9.62. The number of benzene rings is 4. The maximum absolute atomic E-state index is 15.9. The summed E-state index contributed by atoms with van der Waals surface area (Å²) in [6, 6.07) is 16.6.